The molecule has 2 heterocycles. The smallest absolute Gasteiger partial charge is 0.0562 e. The van der Waals surface area contributed by atoms with E-state index in [1.54, 1.807) is 0 Å². The normalized spacial score (nSPS) is 18.8. The fourth-order valence-corrected chi connectivity index (χ4v) is 4.42. The summed E-state index contributed by atoms with van der Waals surface area (Å²) in [6, 6.07) is 17.3. The van der Waals surface area contributed by atoms with Crippen LogP contribution in [0.4, 0.5) is 11.4 Å². The van der Waals surface area contributed by atoms with Crippen molar-refractivity contribution in [2.45, 2.75) is 19.9 Å². The largest absolute Gasteiger partial charge is 0.369 e. The second kappa shape index (κ2) is 12.1. The first-order chi connectivity index (χ1) is 16.6. The number of anilines is 2. The van der Waals surface area contributed by atoms with Gasteiger partial charge in [0.2, 0.25) is 0 Å². The Balaban J connectivity index is 1.27. The van der Waals surface area contributed by atoms with Crippen molar-refractivity contribution in [3.63, 3.8) is 0 Å². The molecule has 0 amide bonds. The Hall–Kier alpha value is -2.74. The van der Waals surface area contributed by atoms with E-state index in [0.29, 0.717) is 13.1 Å². The predicted octanol–water partition coefficient (Wildman–Crippen LogP) is 2.15. The third-order valence-corrected chi connectivity index (χ3v) is 6.66. The lowest BCUT2D eigenvalue weighted by molar-refractivity contribution is 0.589. The summed E-state index contributed by atoms with van der Waals surface area (Å²) in [5.41, 5.74) is 13.2. The van der Waals surface area contributed by atoms with Crippen LogP contribution >= 0.6 is 0 Å². The molecular formula is C27H39N7. The number of hydrogen-bond donors (Lipinski definition) is 3. The maximum Gasteiger partial charge on any atom is 0.0562 e. The molecule has 4 rings (SSSR count). The number of benzene rings is 2. The molecule has 2 aromatic carbocycles. The molecule has 2 aromatic rings. The van der Waals surface area contributed by atoms with Crippen molar-refractivity contribution in [3.05, 3.63) is 59.7 Å². The summed E-state index contributed by atoms with van der Waals surface area (Å²) >= 11 is 0. The minimum Gasteiger partial charge on any atom is -0.369 e. The maximum absolute atomic E-state index is 6.33. The van der Waals surface area contributed by atoms with Crippen LogP contribution in [0.15, 0.2) is 58.5 Å². The SMILES string of the molecule is CC(=NCC(N)CN=C(C)c1ccc(N2CCNCC2)cc1)c1ccc(N2CCNCC2)cc1. The Bertz CT molecular complexity index is 874. The average molecular weight is 462 g/mol. The summed E-state index contributed by atoms with van der Waals surface area (Å²) in [7, 11) is 0. The van der Waals surface area contributed by atoms with E-state index in [1.165, 1.54) is 11.4 Å². The molecule has 182 valence electrons. The fraction of sp³-hybridized carbons (Fsp3) is 0.481. The molecular weight excluding hydrogens is 422 g/mol. The predicted molar refractivity (Wildman–Crippen MR) is 145 cm³/mol. The lowest BCUT2D eigenvalue weighted by Crippen LogP contribution is -2.43. The summed E-state index contributed by atoms with van der Waals surface area (Å²) in [5, 5.41) is 6.79. The summed E-state index contributed by atoms with van der Waals surface area (Å²) < 4.78 is 0. The molecule has 0 saturated carbocycles. The average Bonchev–Trinajstić information content (AvgIpc) is 2.91. The second-order valence-electron chi connectivity index (χ2n) is 9.18. The molecule has 0 unspecified atom stereocenters. The number of nitrogens with zero attached hydrogens (tertiary/aromatic N) is 4. The van der Waals surface area contributed by atoms with Crippen LogP contribution in [-0.2, 0) is 0 Å². The van der Waals surface area contributed by atoms with Crippen LogP contribution in [0.3, 0.4) is 0 Å². The van der Waals surface area contributed by atoms with Crippen LogP contribution in [0.2, 0.25) is 0 Å². The van der Waals surface area contributed by atoms with Crippen molar-refractivity contribution >= 4 is 22.8 Å². The first-order valence-corrected chi connectivity index (χ1v) is 12.5. The molecule has 0 aliphatic carbocycles. The van der Waals surface area contributed by atoms with Gasteiger partial charge in [-0.25, -0.2) is 0 Å². The highest BCUT2D eigenvalue weighted by atomic mass is 15.2. The van der Waals surface area contributed by atoms with Crippen LogP contribution < -0.4 is 26.2 Å². The van der Waals surface area contributed by atoms with Crippen LogP contribution in [0.25, 0.3) is 0 Å². The van der Waals surface area contributed by atoms with Crippen molar-refractivity contribution in [2.24, 2.45) is 15.7 Å². The zero-order chi connectivity index (χ0) is 23.8. The van der Waals surface area contributed by atoms with Gasteiger partial charge in [-0.2, -0.15) is 0 Å². The van der Waals surface area contributed by atoms with E-state index in [4.69, 9.17) is 15.7 Å². The number of aliphatic imine (C=N–C) groups is 2. The number of rotatable bonds is 8. The molecule has 0 bridgehead atoms. The van der Waals surface area contributed by atoms with E-state index in [9.17, 15) is 0 Å². The van der Waals surface area contributed by atoms with Crippen molar-refractivity contribution in [2.75, 3.05) is 75.2 Å². The van der Waals surface area contributed by atoms with Gasteiger partial charge in [-0.15, -0.1) is 0 Å². The van der Waals surface area contributed by atoms with Gasteiger partial charge in [0, 0.05) is 81.2 Å². The molecule has 7 heteroatoms. The molecule has 2 fully saturated rings. The fourth-order valence-electron chi connectivity index (χ4n) is 4.42. The summed E-state index contributed by atoms with van der Waals surface area (Å²) in [5.74, 6) is 0. The first-order valence-electron chi connectivity index (χ1n) is 12.5. The summed E-state index contributed by atoms with van der Waals surface area (Å²) in [6.07, 6.45) is 0. The molecule has 2 aliphatic rings. The molecule has 2 aliphatic heterocycles. The minimum absolute atomic E-state index is 0.0925. The molecule has 2 saturated heterocycles. The summed E-state index contributed by atoms with van der Waals surface area (Å²) in [6.45, 7) is 13.7. The van der Waals surface area contributed by atoms with Crippen LogP contribution in [0.5, 0.6) is 0 Å². The Morgan fingerprint density at radius 2 is 1.06 bits per heavy atom. The van der Waals surface area contributed by atoms with Gasteiger partial charge in [0.25, 0.3) is 0 Å². The van der Waals surface area contributed by atoms with Crippen LogP contribution in [-0.4, -0.2) is 82.9 Å². The highest BCUT2D eigenvalue weighted by Gasteiger charge is 2.12. The van der Waals surface area contributed by atoms with Gasteiger partial charge in [0.15, 0.2) is 0 Å². The lowest BCUT2D eigenvalue weighted by Gasteiger charge is -2.29. The number of nitrogens with two attached hydrogens (primary N) is 1. The van der Waals surface area contributed by atoms with E-state index in [1.807, 2.05) is 0 Å². The highest BCUT2D eigenvalue weighted by molar-refractivity contribution is 5.99. The minimum atomic E-state index is -0.0925. The topological polar surface area (TPSA) is 81.3 Å². The van der Waals surface area contributed by atoms with E-state index < -0.39 is 0 Å². The third-order valence-electron chi connectivity index (χ3n) is 6.66. The molecule has 0 spiro atoms. The van der Waals surface area contributed by atoms with Gasteiger partial charge in [-0.3, -0.25) is 9.98 Å². The van der Waals surface area contributed by atoms with Gasteiger partial charge in [-0.05, 0) is 49.2 Å². The molecule has 0 radical (unpaired) electrons. The molecule has 4 N–H and O–H groups in total. The van der Waals surface area contributed by atoms with E-state index in [-0.39, 0.29) is 6.04 Å². The standard InChI is InChI=1S/C27H39N7/c1-21(23-3-7-26(8-4-23)33-15-11-29-12-16-33)31-19-25(28)20-32-22(2)24-5-9-27(10-6-24)34-17-13-30-14-18-34/h3-10,25,29-30H,11-20,28H2,1-2H3. The maximum atomic E-state index is 6.33. The number of hydrogen-bond acceptors (Lipinski definition) is 7. The molecule has 7 nitrogen and oxygen atoms in total. The Kier molecular flexibility index (Phi) is 8.68. The van der Waals surface area contributed by atoms with Gasteiger partial charge >= 0.3 is 0 Å². The quantitative estimate of drug-likeness (QED) is 0.525. The Morgan fingerprint density at radius 1 is 0.706 bits per heavy atom. The van der Waals surface area contributed by atoms with Crippen LogP contribution in [0.1, 0.15) is 25.0 Å². The van der Waals surface area contributed by atoms with Gasteiger partial charge < -0.3 is 26.2 Å². The molecule has 34 heavy (non-hydrogen) atoms. The Labute approximate surface area is 204 Å². The number of nitrogens with one attached hydrogen (secondary N) is 2. The van der Waals surface area contributed by atoms with Gasteiger partial charge in [0.05, 0.1) is 13.1 Å². The zero-order valence-electron chi connectivity index (χ0n) is 20.6. The van der Waals surface area contributed by atoms with Crippen molar-refractivity contribution in [1.29, 1.82) is 0 Å². The van der Waals surface area contributed by atoms with Crippen molar-refractivity contribution in [1.82, 2.24) is 10.6 Å². The summed E-state index contributed by atoms with van der Waals surface area (Å²) in [4.78, 5) is 14.3. The molecule has 0 aromatic heterocycles. The highest BCUT2D eigenvalue weighted by Crippen LogP contribution is 2.17. The van der Waals surface area contributed by atoms with Gasteiger partial charge in [-0.1, -0.05) is 24.3 Å². The third kappa shape index (κ3) is 6.65. The first kappa shape index (κ1) is 24.4. The molecule has 0 atom stereocenters. The van der Waals surface area contributed by atoms with E-state index >= 15 is 0 Å². The zero-order valence-corrected chi connectivity index (χ0v) is 20.6. The Morgan fingerprint density at radius 3 is 1.41 bits per heavy atom. The van der Waals surface area contributed by atoms with E-state index in [2.05, 4.69) is 82.8 Å². The second-order valence-corrected chi connectivity index (χ2v) is 9.18. The number of piperazine rings is 2. The van der Waals surface area contributed by atoms with Crippen molar-refractivity contribution < 1.29 is 0 Å². The van der Waals surface area contributed by atoms with Crippen LogP contribution in [0, 0.1) is 0 Å². The van der Waals surface area contributed by atoms with Gasteiger partial charge in [0.1, 0.15) is 0 Å². The van der Waals surface area contributed by atoms with E-state index in [0.717, 1.165) is 74.9 Å². The monoisotopic (exact) mass is 461 g/mol. The lowest BCUT2D eigenvalue weighted by atomic mass is 10.1. The van der Waals surface area contributed by atoms with Crippen molar-refractivity contribution in [3.8, 4) is 0 Å².